The van der Waals surface area contributed by atoms with Crippen LogP contribution >= 0.6 is 11.3 Å². The molecule has 0 saturated carbocycles. The van der Waals surface area contributed by atoms with Crippen molar-refractivity contribution in [3.8, 4) is 0 Å². The summed E-state index contributed by atoms with van der Waals surface area (Å²) in [6.45, 7) is 3.61. The van der Waals surface area contributed by atoms with E-state index in [2.05, 4.69) is 10.3 Å². The highest BCUT2D eigenvalue weighted by molar-refractivity contribution is 7.15. The molecule has 1 N–H and O–H groups in total. The van der Waals surface area contributed by atoms with Crippen molar-refractivity contribution in [3.05, 3.63) is 45.7 Å². The van der Waals surface area contributed by atoms with Gasteiger partial charge in [0.15, 0.2) is 22.6 Å². The van der Waals surface area contributed by atoms with E-state index in [0.29, 0.717) is 17.3 Å². The molecule has 1 heterocycles. The number of nitrogens with zero attached hydrogens (tertiary/aromatic N) is 1. The van der Waals surface area contributed by atoms with Crippen molar-refractivity contribution < 1.29 is 18.0 Å². The number of anilines is 1. The van der Waals surface area contributed by atoms with E-state index >= 15 is 0 Å². The van der Waals surface area contributed by atoms with Gasteiger partial charge in [-0.1, -0.05) is 0 Å². The molecule has 0 fully saturated rings. The summed E-state index contributed by atoms with van der Waals surface area (Å²) in [6.07, 6.45) is 0. The van der Waals surface area contributed by atoms with Crippen LogP contribution in [0.25, 0.3) is 0 Å². The molecular formula is C12H9F3N2OS. The molecule has 100 valence electrons. The highest BCUT2D eigenvalue weighted by Gasteiger charge is 2.16. The van der Waals surface area contributed by atoms with Crippen LogP contribution in [0.4, 0.5) is 18.3 Å². The minimum Gasteiger partial charge on any atom is -0.298 e. The fraction of sp³-hybridized carbons (Fsp3) is 0.167. The number of hydrogen-bond acceptors (Lipinski definition) is 3. The lowest BCUT2D eigenvalue weighted by Gasteiger charge is -2.03. The molecule has 0 aliphatic rings. The molecule has 3 nitrogen and oxygen atoms in total. The predicted molar refractivity (Wildman–Crippen MR) is 65.9 cm³/mol. The monoisotopic (exact) mass is 286 g/mol. The number of thiazole rings is 1. The van der Waals surface area contributed by atoms with Gasteiger partial charge in [0.1, 0.15) is 0 Å². The second kappa shape index (κ2) is 5.00. The van der Waals surface area contributed by atoms with Crippen LogP contribution in [0.5, 0.6) is 0 Å². The van der Waals surface area contributed by atoms with Crippen LogP contribution in [0, 0.1) is 31.3 Å². The Morgan fingerprint density at radius 3 is 2.26 bits per heavy atom. The molecule has 1 aromatic heterocycles. The quantitative estimate of drug-likeness (QED) is 0.859. The molecule has 0 aliphatic heterocycles. The van der Waals surface area contributed by atoms with E-state index < -0.39 is 23.4 Å². The fourth-order valence-corrected chi connectivity index (χ4v) is 2.19. The number of aryl methyl sites for hydroxylation is 2. The lowest BCUT2D eigenvalue weighted by Crippen LogP contribution is -2.13. The molecular weight excluding hydrogens is 277 g/mol. The maximum absolute atomic E-state index is 13.0. The number of hydrogen-bond donors (Lipinski definition) is 1. The van der Waals surface area contributed by atoms with Crippen molar-refractivity contribution >= 4 is 22.4 Å². The third-order valence-electron chi connectivity index (χ3n) is 2.49. The second-order valence-corrected chi connectivity index (χ2v) is 5.07. The first-order valence-electron chi connectivity index (χ1n) is 5.28. The van der Waals surface area contributed by atoms with Crippen LogP contribution in [0.15, 0.2) is 12.1 Å². The van der Waals surface area contributed by atoms with Gasteiger partial charge < -0.3 is 0 Å². The maximum Gasteiger partial charge on any atom is 0.257 e. The summed E-state index contributed by atoms with van der Waals surface area (Å²) in [4.78, 5) is 16.7. The predicted octanol–water partition coefficient (Wildman–Crippen LogP) is 3.43. The molecule has 1 amide bonds. The topological polar surface area (TPSA) is 42.0 Å². The molecule has 0 spiro atoms. The fourth-order valence-electron chi connectivity index (χ4n) is 1.38. The summed E-state index contributed by atoms with van der Waals surface area (Å²) in [5.74, 6) is -5.16. The van der Waals surface area contributed by atoms with Gasteiger partial charge >= 0.3 is 0 Å². The van der Waals surface area contributed by atoms with Gasteiger partial charge in [0.05, 0.1) is 5.69 Å². The lowest BCUT2D eigenvalue weighted by molar-refractivity contribution is 0.102. The molecule has 0 bridgehead atoms. The summed E-state index contributed by atoms with van der Waals surface area (Å²) in [5.41, 5.74) is 0.457. The average Bonchev–Trinajstić information content (AvgIpc) is 2.64. The Bertz CT molecular complexity index is 612. The summed E-state index contributed by atoms with van der Waals surface area (Å²) in [5, 5.41) is 2.73. The molecule has 2 rings (SSSR count). The van der Waals surface area contributed by atoms with Crippen LogP contribution in [0.2, 0.25) is 0 Å². The third kappa shape index (κ3) is 2.76. The molecule has 0 saturated heterocycles. The molecule has 0 unspecified atom stereocenters. The molecule has 0 atom stereocenters. The zero-order chi connectivity index (χ0) is 14.2. The Balaban J connectivity index is 2.25. The summed E-state index contributed by atoms with van der Waals surface area (Å²) in [6, 6.07) is 1.28. The van der Waals surface area contributed by atoms with Gasteiger partial charge in [-0.15, -0.1) is 11.3 Å². The minimum atomic E-state index is -1.60. The van der Waals surface area contributed by atoms with Crippen molar-refractivity contribution in [2.75, 3.05) is 5.32 Å². The number of halogens is 3. The van der Waals surface area contributed by atoms with E-state index in [9.17, 15) is 18.0 Å². The van der Waals surface area contributed by atoms with Gasteiger partial charge in [-0.25, -0.2) is 18.2 Å². The van der Waals surface area contributed by atoms with Crippen molar-refractivity contribution in [2.24, 2.45) is 0 Å². The number of amides is 1. The van der Waals surface area contributed by atoms with E-state index in [1.54, 1.807) is 6.92 Å². The number of aromatic nitrogens is 1. The molecule has 0 radical (unpaired) electrons. The van der Waals surface area contributed by atoms with Crippen LogP contribution < -0.4 is 5.32 Å². The zero-order valence-corrected chi connectivity index (χ0v) is 10.9. The first-order chi connectivity index (χ1) is 8.88. The van der Waals surface area contributed by atoms with Crippen molar-refractivity contribution in [3.63, 3.8) is 0 Å². The Morgan fingerprint density at radius 1 is 1.21 bits per heavy atom. The van der Waals surface area contributed by atoms with Gasteiger partial charge in [0.2, 0.25) is 0 Å². The normalized spacial score (nSPS) is 10.6. The van der Waals surface area contributed by atoms with Gasteiger partial charge in [-0.3, -0.25) is 10.1 Å². The largest absolute Gasteiger partial charge is 0.298 e. The number of carbonyl (C=O) groups excluding carboxylic acids is 1. The summed E-state index contributed by atoms with van der Waals surface area (Å²) < 4.78 is 38.8. The SMILES string of the molecule is Cc1nc(NC(=O)c2cc(F)c(F)c(F)c2)sc1C. The summed E-state index contributed by atoms with van der Waals surface area (Å²) in [7, 11) is 0. The van der Waals surface area contributed by atoms with E-state index in [1.807, 2.05) is 6.92 Å². The van der Waals surface area contributed by atoms with Gasteiger partial charge in [0, 0.05) is 10.4 Å². The van der Waals surface area contributed by atoms with E-state index in [1.165, 1.54) is 11.3 Å². The smallest absolute Gasteiger partial charge is 0.257 e. The van der Waals surface area contributed by atoms with E-state index in [-0.39, 0.29) is 5.56 Å². The second-order valence-electron chi connectivity index (χ2n) is 3.87. The number of carbonyl (C=O) groups is 1. The summed E-state index contributed by atoms with van der Waals surface area (Å²) >= 11 is 1.24. The van der Waals surface area contributed by atoms with Gasteiger partial charge in [-0.2, -0.15) is 0 Å². The van der Waals surface area contributed by atoms with Crippen molar-refractivity contribution in [1.82, 2.24) is 4.98 Å². The van der Waals surface area contributed by atoms with Crippen LogP contribution in [-0.2, 0) is 0 Å². The molecule has 0 aliphatic carbocycles. The first kappa shape index (κ1) is 13.5. The first-order valence-corrected chi connectivity index (χ1v) is 6.10. The highest BCUT2D eigenvalue weighted by atomic mass is 32.1. The average molecular weight is 286 g/mol. The van der Waals surface area contributed by atoms with E-state index in [0.717, 1.165) is 10.6 Å². The molecule has 1 aromatic carbocycles. The Labute approximate surface area is 111 Å². The standard InChI is InChI=1S/C12H9F3N2OS/c1-5-6(2)19-12(16-5)17-11(18)7-3-8(13)10(15)9(14)4-7/h3-4H,1-2H3,(H,16,17,18). The Hall–Kier alpha value is -1.89. The molecule has 19 heavy (non-hydrogen) atoms. The third-order valence-corrected chi connectivity index (χ3v) is 3.48. The van der Waals surface area contributed by atoms with Crippen LogP contribution in [0.3, 0.4) is 0 Å². The van der Waals surface area contributed by atoms with Crippen molar-refractivity contribution in [2.45, 2.75) is 13.8 Å². The van der Waals surface area contributed by atoms with Crippen molar-refractivity contribution in [1.29, 1.82) is 0 Å². The van der Waals surface area contributed by atoms with Gasteiger partial charge in [0.25, 0.3) is 5.91 Å². The molecule has 7 heteroatoms. The lowest BCUT2D eigenvalue weighted by atomic mass is 10.2. The maximum atomic E-state index is 13.0. The van der Waals surface area contributed by atoms with Gasteiger partial charge in [-0.05, 0) is 26.0 Å². The number of benzene rings is 1. The highest BCUT2D eigenvalue weighted by Crippen LogP contribution is 2.22. The molecule has 2 aromatic rings. The van der Waals surface area contributed by atoms with E-state index in [4.69, 9.17) is 0 Å². The Morgan fingerprint density at radius 2 is 1.79 bits per heavy atom. The number of rotatable bonds is 2. The number of nitrogens with one attached hydrogen (secondary N) is 1. The minimum absolute atomic E-state index is 0.304. The zero-order valence-electron chi connectivity index (χ0n) is 10.1. The van der Waals surface area contributed by atoms with Crippen LogP contribution in [-0.4, -0.2) is 10.9 Å². The van der Waals surface area contributed by atoms with Crippen LogP contribution in [0.1, 0.15) is 20.9 Å². The Kier molecular flexibility index (Phi) is 3.57.